The van der Waals surface area contributed by atoms with Crippen LogP contribution in [0.4, 0.5) is 5.82 Å². The van der Waals surface area contributed by atoms with E-state index >= 15 is 0 Å². The molecule has 1 N–H and O–H groups in total. The molecule has 0 saturated carbocycles. The van der Waals surface area contributed by atoms with Gasteiger partial charge in [-0.2, -0.15) is 0 Å². The smallest absolute Gasteiger partial charge is 0.376 e. The standard InChI is InChI=1S/C13H17N3O4/c1-7-5-16(6-9(7)12(17)18)10-4-8(2)14-11(15-10)13(19)20-3/h4,7,9H,5-6H2,1-3H3,(H,17,18)/t7-,9-/m1/s1. The van der Waals surface area contributed by atoms with Gasteiger partial charge in [-0.25, -0.2) is 14.8 Å². The molecule has 0 bridgehead atoms. The minimum Gasteiger partial charge on any atom is -0.481 e. The summed E-state index contributed by atoms with van der Waals surface area (Å²) >= 11 is 0. The molecule has 0 unspecified atom stereocenters. The number of hydrogen-bond acceptors (Lipinski definition) is 6. The maximum Gasteiger partial charge on any atom is 0.376 e. The van der Waals surface area contributed by atoms with Gasteiger partial charge in [0.1, 0.15) is 5.82 Å². The highest BCUT2D eigenvalue weighted by Crippen LogP contribution is 2.27. The first kappa shape index (κ1) is 14.2. The molecular weight excluding hydrogens is 262 g/mol. The Morgan fingerprint density at radius 2 is 2.10 bits per heavy atom. The van der Waals surface area contributed by atoms with Crippen LogP contribution in [0, 0.1) is 18.8 Å². The number of ether oxygens (including phenoxy) is 1. The summed E-state index contributed by atoms with van der Waals surface area (Å²) in [5.74, 6) is -1.24. The summed E-state index contributed by atoms with van der Waals surface area (Å²) in [6.07, 6.45) is 0. The van der Waals surface area contributed by atoms with Crippen LogP contribution in [0.1, 0.15) is 23.2 Å². The lowest BCUT2D eigenvalue weighted by molar-refractivity contribution is -0.142. The maximum absolute atomic E-state index is 11.5. The van der Waals surface area contributed by atoms with Crippen molar-refractivity contribution in [2.45, 2.75) is 13.8 Å². The van der Waals surface area contributed by atoms with Gasteiger partial charge in [0.2, 0.25) is 5.82 Å². The monoisotopic (exact) mass is 279 g/mol. The van der Waals surface area contributed by atoms with Crippen molar-refractivity contribution in [1.29, 1.82) is 0 Å². The molecule has 7 heteroatoms. The van der Waals surface area contributed by atoms with Gasteiger partial charge in [-0.1, -0.05) is 6.92 Å². The Hall–Kier alpha value is -2.18. The molecule has 1 aliphatic rings. The minimum absolute atomic E-state index is 0.00562. The van der Waals surface area contributed by atoms with Crippen LogP contribution in [0.5, 0.6) is 0 Å². The lowest BCUT2D eigenvalue weighted by Gasteiger charge is -2.17. The van der Waals surface area contributed by atoms with Crippen LogP contribution in [0.3, 0.4) is 0 Å². The zero-order valence-corrected chi connectivity index (χ0v) is 11.7. The predicted octanol–water partition coefficient (Wildman–Crippen LogP) is 0.729. The number of hydrogen-bond donors (Lipinski definition) is 1. The first-order valence-corrected chi connectivity index (χ1v) is 6.34. The minimum atomic E-state index is -0.807. The van der Waals surface area contributed by atoms with Gasteiger partial charge in [0.05, 0.1) is 13.0 Å². The van der Waals surface area contributed by atoms with Crippen LogP contribution in [0.2, 0.25) is 0 Å². The van der Waals surface area contributed by atoms with Crippen LogP contribution in [-0.4, -0.2) is 47.2 Å². The molecule has 20 heavy (non-hydrogen) atoms. The molecule has 1 fully saturated rings. The number of rotatable bonds is 3. The van der Waals surface area contributed by atoms with Crippen LogP contribution < -0.4 is 4.90 Å². The third-order valence-corrected chi connectivity index (χ3v) is 3.46. The summed E-state index contributed by atoms with van der Waals surface area (Å²) in [6, 6.07) is 1.74. The molecule has 2 atom stereocenters. The van der Waals surface area contributed by atoms with Gasteiger partial charge in [0.15, 0.2) is 0 Å². The highest BCUT2D eigenvalue weighted by Gasteiger charge is 2.35. The molecule has 0 aliphatic carbocycles. The molecule has 1 aromatic rings. The van der Waals surface area contributed by atoms with Crippen LogP contribution in [0.25, 0.3) is 0 Å². The Kier molecular flexibility index (Phi) is 3.87. The second kappa shape index (κ2) is 5.44. The van der Waals surface area contributed by atoms with Crippen LogP contribution in [0.15, 0.2) is 6.07 Å². The molecular formula is C13H17N3O4. The number of anilines is 1. The topological polar surface area (TPSA) is 92.6 Å². The zero-order valence-electron chi connectivity index (χ0n) is 11.7. The normalized spacial score (nSPS) is 21.9. The van der Waals surface area contributed by atoms with Gasteiger partial charge in [-0.15, -0.1) is 0 Å². The number of aromatic nitrogens is 2. The fourth-order valence-electron chi connectivity index (χ4n) is 2.37. The largest absolute Gasteiger partial charge is 0.481 e. The molecule has 1 saturated heterocycles. The number of carboxylic acid groups (broad SMARTS) is 1. The molecule has 1 aromatic heterocycles. The SMILES string of the molecule is COC(=O)c1nc(C)cc(N2C[C@@H](C)[C@H](C(=O)O)C2)n1. The highest BCUT2D eigenvalue weighted by atomic mass is 16.5. The quantitative estimate of drug-likeness (QED) is 0.815. The van der Waals surface area contributed by atoms with E-state index in [0.29, 0.717) is 24.6 Å². The van der Waals surface area contributed by atoms with Gasteiger partial charge < -0.3 is 14.7 Å². The summed E-state index contributed by atoms with van der Waals surface area (Å²) in [4.78, 5) is 32.7. The van der Waals surface area contributed by atoms with Gasteiger partial charge in [-0.05, 0) is 12.8 Å². The van der Waals surface area contributed by atoms with Crippen molar-refractivity contribution in [3.05, 3.63) is 17.6 Å². The molecule has 0 aromatic carbocycles. The number of carbonyl (C=O) groups excluding carboxylic acids is 1. The average Bonchev–Trinajstić information content (AvgIpc) is 2.79. The van der Waals surface area contributed by atoms with Crippen molar-refractivity contribution < 1.29 is 19.4 Å². The lowest BCUT2D eigenvalue weighted by atomic mass is 9.99. The molecule has 1 aliphatic heterocycles. The molecule has 2 heterocycles. The molecule has 2 rings (SSSR count). The Balaban J connectivity index is 2.28. The van der Waals surface area contributed by atoms with Gasteiger partial charge in [0.25, 0.3) is 0 Å². The van der Waals surface area contributed by atoms with E-state index in [1.165, 1.54) is 7.11 Å². The van der Waals surface area contributed by atoms with E-state index in [1.807, 2.05) is 11.8 Å². The summed E-state index contributed by atoms with van der Waals surface area (Å²) in [5.41, 5.74) is 0.641. The van der Waals surface area contributed by atoms with E-state index in [2.05, 4.69) is 14.7 Å². The number of aliphatic carboxylic acids is 1. The summed E-state index contributed by atoms with van der Waals surface area (Å²) in [7, 11) is 1.27. The first-order valence-electron chi connectivity index (χ1n) is 6.34. The number of carbonyl (C=O) groups is 2. The van der Waals surface area contributed by atoms with Crippen molar-refractivity contribution in [2.75, 3.05) is 25.1 Å². The number of carboxylic acids is 1. The third-order valence-electron chi connectivity index (χ3n) is 3.46. The van der Waals surface area contributed by atoms with Gasteiger partial charge in [0, 0.05) is 24.8 Å². The third kappa shape index (κ3) is 2.71. The van der Waals surface area contributed by atoms with E-state index in [-0.39, 0.29) is 11.7 Å². The van der Waals surface area contributed by atoms with Crippen molar-refractivity contribution in [3.8, 4) is 0 Å². The van der Waals surface area contributed by atoms with E-state index in [4.69, 9.17) is 5.11 Å². The summed E-state index contributed by atoms with van der Waals surface area (Å²) < 4.78 is 4.61. The number of aryl methyl sites for hydroxylation is 1. The van der Waals surface area contributed by atoms with Gasteiger partial charge >= 0.3 is 11.9 Å². The van der Waals surface area contributed by atoms with E-state index < -0.39 is 17.9 Å². The maximum atomic E-state index is 11.5. The Bertz CT molecular complexity index is 546. The molecule has 0 amide bonds. The molecule has 0 radical (unpaired) electrons. The van der Waals surface area contributed by atoms with Crippen LogP contribution in [-0.2, 0) is 9.53 Å². The first-order chi connectivity index (χ1) is 9.42. The predicted molar refractivity (Wildman–Crippen MR) is 70.6 cm³/mol. The van der Waals surface area contributed by atoms with E-state index in [1.54, 1.807) is 13.0 Å². The second-order valence-electron chi connectivity index (χ2n) is 5.01. The number of nitrogens with zero attached hydrogens (tertiary/aromatic N) is 3. The molecule has 108 valence electrons. The van der Waals surface area contributed by atoms with E-state index in [0.717, 1.165) is 0 Å². The number of methoxy groups -OCH3 is 1. The zero-order chi connectivity index (χ0) is 14.9. The van der Waals surface area contributed by atoms with Gasteiger partial charge in [-0.3, -0.25) is 4.79 Å². The average molecular weight is 279 g/mol. The van der Waals surface area contributed by atoms with Crippen molar-refractivity contribution in [3.63, 3.8) is 0 Å². The number of esters is 1. The van der Waals surface area contributed by atoms with Crippen molar-refractivity contribution in [2.24, 2.45) is 11.8 Å². The Labute approximate surface area is 116 Å². The Morgan fingerprint density at radius 1 is 1.40 bits per heavy atom. The summed E-state index contributed by atoms with van der Waals surface area (Å²) in [5, 5.41) is 9.15. The fourth-order valence-corrected chi connectivity index (χ4v) is 2.37. The molecule has 0 spiro atoms. The highest BCUT2D eigenvalue weighted by molar-refractivity contribution is 5.85. The van der Waals surface area contributed by atoms with Crippen LogP contribution >= 0.6 is 0 Å². The lowest BCUT2D eigenvalue weighted by Crippen LogP contribution is -2.24. The van der Waals surface area contributed by atoms with E-state index in [9.17, 15) is 9.59 Å². The van der Waals surface area contributed by atoms with Crippen molar-refractivity contribution >= 4 is 17.8 Å². The summed E-state index contributed by atoms with van der Waals surface area (Å²) in [6.45, 7) is 4.63. The fraction of sp³-hybridized carbons (Fsp3) is 0.538. The second-order valence-corrected chi connectivity index (χ2v) is 5.01. The van der Waals surface area contributed by atoms with Crippen molar-refractivity contribution in [1.82, 2.24) is 9.97 Å². The Morgan fingerprint density at radius 3 is 2.65 bits per heavy atom. The molecule has 7 nitrogen and oxygen atoms in total.